The highest BCUT2D eigenvalue weighted by Crippen LogP contribution is 2.36. The summed E-state index contributed by atoms with van der Waals surface area (Å²) < 4.78 is 27.8. The van der Waals surface area contributed by atoms with Crippen LogP contribution in [-0.2, 0) is 22.6 Å². The van der Waals surface area contributed by atoms with Crippen LogP contribution in [0.4, 0.5) is 4.79 Å². The number of fused-ring (bicyclic) bond motifs is 2. The Kier molecular flexibility index (Phi) is 8.60. The first-order valence-corrected chi connectivity index (χ1v) is 12.3. The van der Waals surface area contributed by atoms with E-state index in [0.717, 1.165) is 21.9 Å². The van der Waals surface area contributed by atoms with Crippen molar-refractivity contribution in [2.45, 2.75) is 32.9 Å². The largest absolute Gasteiger partial charge is 0.493 e. The van der Waals surface area contributed by atoms with E-state index in [0.29, 0.717) is 62.3 Å². The molecule has 1 aromatic heterocycles. The summed E-state index contributed by atoms with van der Waals surface area (Å²) in [4.78, 5) is 28.8. The van der Waals surface area contributed by atoms with Crippen LogP contribution >= 0.6 is 0 Å². The number of urea groups is 1. The van der Waals surface area contributed by atoms with Crippen LogP contribution in [0.3, 0.4) is 0 Å². The molecular weight excluding hydrogens is 478 g/mol. The van der Waals surface area contributed by atoms with E-state index in [4.69, 9.17) is 23.7 Å². The predicted octanol–water partition coefficient (Wildman–Crippen LogP) is 4.01. The van der Waals surface area contributed by atoms with Gasteiger partial charge >= 0.3 is 12.0 Å². The molecule has 37 heavy (non-hydrogen) atoms. The lowest BCUT2D eigenvalue weighted by Gasteiger charge is -2.16. The Hall–Kier alpha value is -4.08. The molecule has 10 heteroatoms. The number of ether oxygens (including phenoxy) is 5. The first kappa shape index (κ1) is 26.0. The zero-order chi connectivity index (χ0) is 26.2. The third-order valence-corrected chi connectivity index (χ3v) is 6.06. The maximum absolute atomic E-state index is 12.5. The number of aromatic amines is 1. The molecule has 0 atom stereocenters. The Morgan fingerprint density at radius 2 is 1.46 bits per heavy atom. The smallest absolute Gasteiger partial charge is 0.318 e. The minimum Gasteiger partial charge on any atom is -0.493 e. The standard InChI is InChI=1S/C27H33N3O7/c1-4-35-26(31)6-7-29-27(32)30-16-20-12-23(34-3)25(13-21(20)17-30)37-9-5-8-36-24-11-19-15-28-14-18(19)10-22(24)33-2/h10-15,28H,4-9,16-17H2,1-3H3,(H,29,32). The number of carbonyl (C=O) groups excluding carboxylic acids is 2. The maximum atomic E-state index is 12.5. The van der Waals surface area contributed by atoms with Gasteiger partial charge in [0.05, 0.1) is 40.5 Å². The van der Waals surface area contributed by atoms with E-state index in [1.54, 1.807) is 26.0 Å². The van der Waals surface area contributed by atoms with Gasteiger partial charge in [-0.2, -0.15) is 0 Å². The quantitative estimate of drug-likeness (QED) is 0.279. The van der Waals surface area contributed by atoms with Crippen molar-refractivity contribution in [1.29, 1.82) is 0 Å². The molecule has 3 aromatic rings. The molecule has 0 aliphatic carbocycles. The van der Waals surface area contributed by atoms with Gasteiger partial charge in [0, 0.05) is 49.2 Å². The van der Waals surface area contributed by atoms with Crippen LogP contribution in [0.5, 0.6) is 23.0 Å². The normalized spacial score (nSPS) is 12.2. The number of aromatic nitrogens is 1. The SMILES string of the molecule is CCOC(=O)CCNC(=O)N1Cc2cc(OC)c(OCCCOc3cc4c[nH]cc4cc3OC)cc2C1. The number of carbonyl (C=O) groups is 2. The van der Waals surface area contributed by atoms with Crippen molar-refractivity contribution in [2.24, 2.45) is 0 Å². The van der Waals surface area contributed by atoms with E-state index in [9.17, 15) is 9.59 Å². The minimum absolute atomic E-state index is 0.142. The molecule has 2 heterocycles. The van der Waals surface area contributed by atoms with Crippen molar-refractivity contribution < 1.29 is 33.3 Å². The molecule has 2 N–H and O–H groups in total. The number of nitrogens with zero attached hydrogens (tertiary/aromatic N) is 1. The molecule has 0 radical (unpaired) electrons. The number of nitrogens with one attached hydrogen (secondary N) is 2. The second kappa shape index (κ2) is 12.2. The van der Waals surface area contributed by atoms with Gasteiger partial charge in [-0.15, -0.1) is 0 Å². The first-order chi connectivity index (χ1) is 18.0. The lowest BCUT2D eigenvalue weighted by molar-refractivity contribution is -0.142. The van der Waals surface area contributed by atoms with Crippen molar-refractivity contribution in [3.63, 3.8) is 0 Å². The van der Waals surface area contributed by atoms with Crippen LogP contribution in [0.25, 0.3) is 10.8 Å². The average molecular weight is 512 g/mol. The number of H-pyrrole nitrogens is 1. The van der Waals surface area contributed by atoms with Crippen LogP contribution in [0, 0.1) is 0 Å². The summed E-state index contributed by atoms with van der Waals surface area (Å²) >= 11 is 0. The number of benzene rings is 2. The van der Waals surface area contributed by atoms with Gasteiger partial charge in [-0.05, 0) is 42.3 Å². The zero-order valence-corrected chi connectivity index (χ0v) is 21.4. The topological polar surface area (TPSA) is 111 Å². The second-order valence-electron chi connectivity index (χ2n) is 8.55. The van der Waals surface area contributed by atoms with Crippen molar-refractivity contribution in [3.05, 3.63) is 47.8 Å². The highest BCUT2D eigenvalue weighted by molar-refractivity contribution is 5.85. The van der Waals surface area contributed by atoms with Crippen LogP contribution in [0.1, 0.15) is 30.9 Å². The molecule has 4 rings (SSSR count). The lowest BCUT2D eigenvalue weighted by Crippen LogP contribution is -2.37. The van der Waals surface area contributed by atoms with Gasteiger partial charge in [0.1, 0.15) is 0 Å². The van der Waals surface area contributed by atoms with Crippen molar-refractivity contribution in [3.8, 4) is 23.0 Å². The summed E-state index contributed by atoms with van der Waals surface area (Å²) in [5.41, 5.74) is 2.00. The summed E-state index contributed by atoms with van der Waals surface area (Å²) in [5, 5.41) is 4.88. The number of esters is 1. The van der Waals surface area contributed by atoms with Crippen LogP contribution in [-0.4, -0.2) is 62.5 Å². The summed E-state index contributed by atoms with van der Waals surface area (Å²) in [5.74, 6) is 2.28. The first-order valence-electron chi connectivity index (χ1n) is 12.3. The van der Waals surface area contributed by atoms with Crippen LogP contribution in [0.15, 0.2) is 36.7 Å². The summed E-state index contributed by atoms with van der Waals surface area (Å²) in [6.45, 7) is 4.10. The third-order valence-electron chi connectivity index (χ3n) is 6.06. The van der Waals surface area contributed by atoms with E-state index < -0.39 is 0 Å². The molecule has 0 saturated heterocycles. The molecule has 1 aliphatic heterocycles. The van der Waals surface area contributed by atoms with Crippen LogP contribution < -0.4 is 24.3 Å². The fraction of sp³-hybridized carbons (Fsp3) is 0.407. The molecular formula is C27H33N3O7. The van der Waals surface area contributed by atoms with Gasteiger partial charge in [-0.25, -0.2) is 4.79 Å². The highest BCUT2D eigenvalue weighted by Gasteiger charge is 2.25. The van der Waals surface area contributed by atoms with Gasteiger partial charge in [0.2, 0.25) is 0 Å². The highest BCUT2D eigenvalue weighted by atomic mass is 16.5. The summed E-state index contributed by atoms with van der Waals surface area (Å²) in [7, 11) is 3.22. The number of hydrogen-bond acceptors (Lipinski definition) is 7. The number of amides is 2. The Labute approximate surface area is 215 Å². The minimum atomic E-state index is -0.328. The Balaban J connectivity index is 1.27. The Morgan fingerprint density at radius 1 is 0.892 bits per heavy atom. The van der Waals surface area contributed by atoms with E-state index in [1.807, 2.05) is 36.7 Å². The molecule has 2 amide bonds. The monoisotopic (exact) mass is 511 g/mol. The summed E-state index contributed by atoms with van der Waals surface area (Å²) in [6, 6.07) is 7.49. The maximum Gasteiger partial charge on any atom is 0.318 e. The molecule has 0 bridgehead atoms. The number of methoxy groups -OCH3 is 2. The molecule has 1 aliphatic rings. The fourth-order valence-electron chi connectivity index (χ4n) is 4.20. The predicted molar refractivity (Wildman–Crippen MR) is 137 cm³/mol. The van der Waals surface area contributed by atoms with Crippen molar-refractivity contribution >= 4 is 22.8 Å². The van der Waals surface area contributed by atoms with E-state index in [-0.39, 0.29) is 25.0 Å². The second-order valence-corrected chi connectivity index (χ2v) is 8.55. The lowest BCUT2D eigenvalue weighted by atomic mass is 10.1. The Morgan fingerprint density at radius 3 is 2.08 bits per heavy atom. The zero-order valence-electron chi connectivity index (χ0n) is 21.4. The van der Waals surface area contributed by atoms with Crippen LogP contribution in [0.2, 0.25) is 0 Å². The molecule has 0 saturated carbocycles. The van der Waals surface area contributed by atoms with Crippen molar-refractivity contribution in [2.75, 3.05) is 40.6 Å². The van der Waals surface area contributed by atoms with Gasteiger partial charge < -0.3 is 38.9 Å². The average Bonchev–Trinajstić information content (AvgIpc) is 3.53. The van der Waals surface area contributed by atoms with E-state index in [2.05, 4.69) is 10.3 Å². The molecule has 0 unspecified atom stereocenters. The molecule has 10 nitrogen and oxygen atoms in total. The molecule has 198 valence electrons. The van der Waals surface area contributed by atoms with Gasteiger partial charge in [-0.1, -0.05) is 0 Å². The summed E-state index contributed by atoms with van der Waals surface area (Å²) in [6.07, 6.45) is 4.63. The van der Waals surface area contributed by atoms with Gasteiger partial charge in [0.25, 0.3) is 0 Å². The third kappa shape index (κ3) is 6.38. The van der Waals surface area contributed by atoms with Gasteiger partial charge in [-0.3, -0.25) is 4.79 Å². The fourth-order valence-corrected chi connectivity index (χ4v) is 4.20. The molecule has 0 spiro atoms. The van der Waals surface area contributed by atoms with Gasteiger partial charge in [0.15, 0.2) is 23.0 Å². The Bertz CT molecular complexity index is 1240. The number of hydrogen-bond donors (Lipinski definition) is 2. The van der Waals surface area contributed by atoms with E-state index in [1.165, 1.54) is 0 Å². The number of rotatable bonds is 12. The van der Waals surface area contributed by atoms with E-state index >= 15 is 0 Å². The molecule has 2 aromatic carbocycles. The van der Waals surface area contributed by atoms with Crippen molar-refractivity contribution in [1.82, 2.24) is 15.2 Å². The molecule has 0 fully saturated rings.